The average molecular weight is 326 g/mol. The molecule has 0 radical (unpaired) electrons. The van der Waals surface area contributed by atoms with E-state index in [1.54, 1.807) is 0 Å². The van der Waals surface area contributed by atoms with Crippen molar-refractivity contribution in [3.8, 4) is 11.5 Å². The second-order valence-corrected chi connectivity index (χ2v) is 7.00. The topological polar surface area (TPSA) is 38.7 Å². The summed E-state index contributed by atoms with van der Waals surface area (Å²) in [4.78, 5) is 0. The van der Waals surface area contributed by atoms with Crippen LogP contribution in [0.15, 0.2) is 30.3 Å². The minimum atomic E-state index is -0.483. The number of aliphatic hydroxyl groups excluding tert-OH is 1. The van der Waals surface area contributed by atoms with E-state index in [0.29, 0.717) is 6.61 Å². The minimum Gasteiger partial charge on any atom is -0.488 e. The van der Waals surface area contributed by atoms with Crippen LogP contribution < -0.4 is 9.47 Å². The third-order valence-electron chi connectivity index (χ3n) is 5.12. The maximum atomic E-state index is 9.62. The number of benzene rings is 2. The van der Waals surface area contributed by atoms with Crippen LogP contribution in [0.5, 0.6) is 11.5 Å². The highest BCUT2D eigenvalue weighted by atomic mass is 16.5. The molecule has 1 aliphatic heterocycles. The van der Waals surface area contributed by atoms with Crippen LogP contribution in [0.4, 0.5) is 0 Å². The van der Waals surface area contributed by atoms with Crippen molar-refractivity contribution in [1.82, 2.24) is 0 Å². The van der Waals surface area contributed by atoms with E-state index in [9.17, 15) is 5.11 Å². The van der Waals surface area contributed by atoms with Crippen LogP contribution in [-0.2, 0) is 13.0 Å². The van der Waals surface area contributed by atoms with Crippen molar-refractivity contribution in [1.29, 1.82) is 0 Å². The lowest BCUT2D eigenvalue weighted by atomic mass is 9.87. The molecule has 24 heavy (non-hydrogen) atoms. The monoisotopic (exact) mass is 326 g/mol. The van der Waals surface area contributed by atoms with Crippen molar-refractivity contribution in [2.45, 2.75) is 52.7 Å². The molecule has 2 aromatic rings. The highest BCUT2D eigenvalue weighted by molar-refractivity contribution is 5.59. The average Bonchev–Trinajstić information content (AvgIpc) is 2.60. The van der Waals surface area contributed by atoms with Gasteiger partial charge in [0.15, 0.2) is 0 Å². The molecule has 0 aliphatic carbocycles. The standard InChI is InChI=1S/C21H26O3/c1-14-15(2)20-18(10-11-21(4,13-22)24-20)16(3)19(14)23-12-17-8-6-5-7-9-17/h5-9,22H,10-13H2,1-4H3/t21-/m1/s1. The molecule has 1 aliphatic rings. The van der Waals surface area contributed by atoms with Gasteiger partial charge in [-0.25, -0.2) is 0 Å². The van der Waals surface area contributed by atoms with Crippen LogP contribution in [-0.4, -0.2) is 17.3 Å². The molecule has 3 heteroatoms. The van der Waals surface area contributed by atoms with Gasteiger partial charge in [0.25, 0.3) is 0 Å². The van der Waals surface area contributed by atoms with Gasteiger partial charge in [0, 0.05) is 5.56 Å². The summed E-state index contributed by atoms with van der Waals surface area (Å²) < 4.78 is 12.3. The zero-order chi connectivity index (χ0) is 17.3. The molecule has 0 fully saturated rings. The molecule has 1 atom stereocenters. The van der Waals surface area contributed by atoms with Crippen LogP contribution >= 0.6 is 0 Å². The lowest BCUT2D eigenvalue weighted by molar-refractivity contribution is 0.00716. The molecule has 0 saturated heterocycles. The van der Waals surface area contributed by atoms with E-state index < -0.39 is 5.60 Å². The number of hydrogen-bond acceptors (Lipinski definition) is 3. The van der Waals surface area contributed by atoms with Crippen LogP contribution in [0.25, 0.3) is 0 Å². The quantitative estimate of drug-likeness (QED) is 0.912. The Bertz CT molecular complexity index is 737. The molecule has 1 N–H and O–H groups in total. The van der Waals surface area contributed by atoms with Crippen molar-refractivity contribution in [2.75, 3.05) is 6.61 Å². The Kier molecular flexibility index (Phi) is 4.55. The van der Waals surface area contributed by atoms with E-state index in [2.05, 4.69) is 32.9 Å². The van der Waals surface area contributed by atoms with E-state index in [1.807, 2.05) is 25.1 Å². The first kappa shape index (κ1) is 16.8. The van der Waals surface area contributed by atoms with E-state index in [4.69, 9.17) is 9.47 Å². The molecule has 0 bridgehead atoms. The summed E-state index contributed by atoms with van der Waals surface area (Å²) in [5.74, 6) is 1.89. The molecule has 128 valence electrons. The molecule has 0 aromatic heterocycles. The fourth-order valence-electron chi connectivity index (χ4n) is 3.34. The fourth-order valence-corrected chi connectivity index (χ4v) is 3.34. The van der Waals surface area contributed by atoms with Gasteiger partial charge in [0.2, 0.25) is 0 Å². The minimum absolute atomic E-state index is 0.0379. The molecule has 0 amide bonds. The van der Waals surface area contributed by atoms with Gasteiger partial charge in [-0.05, 0) is 62.8 Å². The Hall–Kier alpha value is -2.00. The number of rotatable bonds is 4. The Labute approximate surface area is 144 Å². The van der Waals surface area contributed by atoms with Gasteiger partial charge in [-0.2, -0.15) is 0 Å². The molecular weight excluding hydrogens is 300 g/mol. The number of fused-ring (bicyclic) bond motifs is 1. The molecule has 2 aromatic carbocycles. The van der Waals surface area contributed by atoms with E-state index in [0.717, 1.165) is 46.6 Å². The number of aliphatic hydroxyl groups is 1. The smallest absolute Gasteiger partial charge is 0.129 e. The predicted molar refractivity (Wildman–Crippen MR) is 95.9 cm³/mol. The van der Waals surface area contributed by atoms with Crippen molar-refractivity contribution >= 4 is 0 Å². The molecule has 1 heterocycles. The molecule has 0 saturated carbocycles. The molecule has 3 nitrogen and oxygen atoms in total. The first-order valence-electron chi connectivity index (χ1n) is 8.54. The Morgan fingerprint density at radius 1 is 1.08 bits per heavy atom. The van der Waals surface area contributed by atoms with Gasteiger partial charge in [-0.1, -0.05) is 30.3 Å². The van der Waals surface area contributed by atoms with Gasteiger partial charge < -0.3 is 14.6 Å². The molecule has 0 unspecified atom stereocenters. The van der Waals surface area contributed by atoms with Gasteiger partial charge in [0.05, 0.1) is 6.61 Å². The third kappa shape index (κ3) is 3.01. The second-order valence-electron chi connectivity index (χ2n) is 7.00. The first-order valence-corrected chi connectivity index (χ1v) is 8.54. The zero-order valence-corrected chi connectivity index (χ0v) is 15.0. The van der Waals surface area contributed by atoms with E-state index in [-0.39, 0.29) is 6.61 Å². The predicted octanol–water partition coefficient (Wildman–Crippen LogP) is 4.27. The lowest BCUT2D eigenvalue weighted by Crippen LogP contribution is -2.40. The summed E-state index contributed by atoms with van der Waals surface area (Å²) in [6.07, 6.45) is 1.72. The third-order valence-corrected chi connectivity index (χ3v) is 5.12. The maximum Gasteiger partial charge on any atom is 0.129 e. The van der Waals surface area contributed by atoms with Crippen molar-refractivity contribution in [2.24, 2.45) is 0 Å². The van der Waals surface area contributed by atoms with Crippen LogP contribution in [0.2, 0.25) is 0 Å². The highest BCUT2D eigenvalue weighted by Crippen LogP contribution is 2.43. The fraction of sp³-hybridized carbons (Fsp3) is 0.429. The number of hydrogen-bond donors (Lipinski definition) is 1. The van der Waals surface area contributed by atoms with Gasteiger partial charge in [-0.15, -0.1) is 0 Å². The lowest BCUT2D eigenvalue weighted by Gasteiger charge is -2.37. The molecule has 3 rings (SSSR count). The van der Waals surface area contributed by atoms with Crippen LogP contribution in [0, 0.1) is 20.8 Å². The van der Waals surface area contributed by atoms with E-state index >= 15 is 0 Å². The highest BCUT2D eigenvalue weighted by Gasteiger charge is 2.34. The zero-order valence-electron chi connectivity index (χ0n) is 15.0. The molecular formula is C21H26O3. The Balaban J connectivity index is 1.94. The summed E-state index contributed by atoms with van der Waals surface area (Å²) >= 11 is 0. The summed E-state index contributed by atoms with van der Waals surface area (Å²) in [6, 6.07) is 10.2. The Morgan fingerprint density at radius 3 is 2.46 bits per heavy atom. The van der Waals surface area contributed by atoms with Gasteiger partial charge in [0.1, 0.15) is 23.7 Å². The van der Waals surface area contributed by atoms with Crippen molar-refractivity contribution in [3.63, 3.8) is 0 Å². The van der Waals surface area contributed by atoms with Crippen LogP contribution in [0.3, 0.4) is 0 Å². The van der Waals surface area contributed by atoms with E-state index in [1.165, 1.54) is 5.56 Å². The normalized spacial score (nSPS) is 19.5. The Morgan fingerprint density at radius 2 is 1.79 bits per heavy atom. The summed E-state index contributed by atoms with van der Waals surface area (Å²) in [7, 11) is 0. The summed E-state index contributed by atoms with van der Waals surface area (Å²) in [5.41, 5.74) is 5.28. The van der Waals surface area contributed by atoms with Gasteiger partial charge >= 0.3 is 0 Å². The SMILES string of the molecule is Cc1c(C)c2c(c(C)c1OCc1ccccc1)CC[C@](C)(CO)O2. The van der Waals surface area contributed by atoms with Crippen LogP contribution in [0.1, 0.15) is 41.2 Å². The van der Waals surface area contributed by atoms with Crippen molar-refractivity contribution in [3.05, 3.63) is 58.1 Å². The largest absolute Gasteiger partial charge is 0.488 e. The molecule has 0 spiro atoms. The summed E-state index contributed by atoms with van der Waals surface area (Å²) in [6.45, 7) is 8.84. The first-order chi connectivity index (χ1) is 11.4. The second kappa shape index (κ2) is 6.48. The summed E-state index contributed by atoms with van der Waals surface area (Å²) in [5, 5.41) is 9.62. The van der Waals surface area contributed by atoms with Crippen molar-refractivity contribution < 1.29 is 14.6 Å². The maximum absolute atomic E-state index is 9.62. The number of ether oxygens (including phenoxy) is 2. The van der Waals surface area contributed by atoms with Gasteiger partial charge in [-0.3, -0.25) is 0 Å².